The second-order valence-electron chi connectivity index (χ2n) is 5.85. The minimum atomic E-state index is 0.606. The summed E-state index contributed by atoms with van der Waals surface area (Å²) < 4.78 is 0. The zero-order valence-corrected chi connectivity index (χ0v) is 13.6. The fraction of sp³-hybridized carbons (Fsp3) is 0.647. The Hall–Kier alpha value is -0.340. The summed E-state index contributed by atoms with van der Waals surface area (Å²) in [6.45, 7) is 1.17. The van der Waals surface area contributed by atoms with Crippen LogP contribution in [-0.2, 0) is 0 Å². The van der Waals surface area contributed by atoms with Gasteiger partial charge in [0.05, 0.1) is 0 Å². The van der Waals surface area contributed by atoms with Gasteiger partial charge in [0.25, 0.3) is 0 Å². The highest BCUT2D eigenvalue weighted by Crippen LogP contribution is 2.25. The molecular weight excluding hydrogens is 298 g/mol. The molecule has 1 unspecified atom stereocenters. The molecule has 1 fully saturated rings. The molecule has 1 nitrogen and oxygen atoms in total. The lowest BCUT2D eigenvalue weighted by Crippen LogP contribution is -2.35. The van der Waals surface area contributed by atoms with Crippen molar-refractivity contribution < 1.29 is 0 Å². The predicted octanol–water partition coefficient (Wildman–Crippen LogP) is 4.82. The molecule has 0 aromatic heterocycles. The highest BCUT2D eigenvalue weighted by Gasteiger charge is 2.20. The van der Waals surface area contributed by atoms with E-state index in [2.05, 4.69) is 58.2 Å². The summed E-state index contributed by atoms with van der Waals surface area (Å²) in [4.78, 5) is 2.60. The number of hydrogen-bond donors (Lipinski definition) is 0. The van der Waals surface area contributed by atoms with Crippen LogP contribution in [0.5, 0.6) is 0 Å². The Labute approximate surface area is 126 Å². The largest absolute Gasteiger partial charge is 0.303 e. The lowest BCUT2D eigenvalue weighted by atomic mass is 9.99. The zero-order chi connectivity index (χ0) is 13.5. The molecule has 2 rings (SSSR count). The van der Waals surface area contributed by atoms with Crippen LogP contribution in [0.25, 0.3) is 0 Å². The highest BCUT2D eigenvalue weighted by molar-refractivity contribution is 9.09. The van der Waals surface area contributed by atoms with Gasteiger partial charge in [-0.25, -0.2) is 0 Å². The second kappa shape index (κ2) is 8.06. The number of rotatable bonds is 5. The van der Waals surface area contributed by atoms with E-state index >= 15 is 0 Å². The molecule has 1 atom stereocenters. The van der Waals surface area contributed by atoms with E-state index in [1.54, 1.807) is 0 Å². The summed E-state index contributed by atoms with van der Waals surface area (Å²) >= 11 is 3.69. The maximum Gasteiger partial charge on any atom is 0.0112 e. The second-order valence-corrected chi connectivity index (χ2v) is 6.49. The normalized spacial score (nSPS) is 19.3. The van der Waals surface area contributed by atoms with E-state index in [-0.39, 0.29) is 0 Å². The van der Waals surface area contributed by atoms with Gasteiger partial charge in [0.1, 0.15) is 0 Å². The van der Waals surface area contributed by atoms with E-state index in [1.807, 2.05) is 0 Å². The smallest absolute Gasteiger partial charge is 0.0112 e. The SMILES string of the molecule is CN(CC(CBr)c1ccccc1)C1CCCCCC1. The van der Waals surface area contributed by atoms with Crippen molar-refractivity contribution in [2.75, 3.05) is 18.9 Å². The van der Waals surface area contributed by atoms with Gasteiger partial charge in [-0.2, -0.15) is 0 Å². The Bertz CT molecular complexity index is 344. The maximum atomic E-state index is 3.69. The topological polar surface area (TPSA) is 3.24 Å². The molecular formula is C17H26BrN. The van der Waals surface area contributed by atoms with Crippen LogP contribution in [0.2, 0.25) is 0 Å². The van der Waals surface area contributed by atoms with Crippen molar-refractivity contribution in [3.8, 4) is 0 Å². The van der Waals surface area contributed by atoms with E-state index in [1.165, 1.54) is 50.6 Å². The van der Waals surface area contributed by atoms with Crippen LogP contribution < -0.4 is 0 Å². The van der Waals surface area contributed by atoms with Crippen molar-refractivity contribution in [1.29, 1.82) is 0 Å². The summed E-state index contributed by atoms with van der Waals surface area (Å²) in [5.41, 5.74) is 1.46. The molecule has 0 amide bonds. The molecule has 106 valence electrons. The highest BCUT2D eigenvalue weighted by atomic mass is 79.9. The lowest BCUT2D eigenvalue weighted by molar-refractivity contribution is 0.212. The first-order valence-electron chi connectivity index (χ1n) is 7.62. The van der Waals surface area contributed by atoms with Gasteiger partial charge in [0.15, 0.2) is 0 Å². The Morgan fingerprint density at radius 2 is 1.74 bits per heavy atom. The lowest BCUT2D eigenvalue weighted by Gasteiger charge is -2.30. The average Bonchev–Trinajstić information content (AvgIpc) is 2.74. The molecule has 0 bridgehead atoms. The van der Waals surface area contributed by atoms with Gasteiger partial charge in [0.2, 0.25) is 0 Å². The number of alkyl halides is 1. The number of nitrogens with zero attached hydrogens (tertiary/aromatic N) is 1. The summed E-state index contributed by atoms with van der Waals surface area (Å²) in [6.07, 6.45) is 8.48. The molecule has 1 saturated carbocycles. The molecule has 0 aliphatic heterocycles. The first kappa shape index (κ1) is 15.1. The molecule has 1 aliphatic carbocycles. The van der Waals surface area contributed by atoms with Crippen LogP contribution >= 0.6 is 15.9 Å². The number of hydrogen-bond acceptors (Lipinski definition) is 1. The molecule has 0 radical (unpaired) electrons. The number of likely N-dealkylation sites (N-methyl/N-ethyl adjacent to an activating group) is 1. The van der Waals surface area contributed by atoms with E-state index in [0.29, 0.717) is 5.92 Å². The molecule has 0 saturated heterocycles. The first-order chi connectivity index (χ1) is 9.31. The molecule has 19 heavy (non-hydrogen) atoms. The van der Waals surface area contributed by atoms with Gasteiger partial charge in [-0.05, 0) is 25.5 Å². The molecule has 2 heteroatoms. The Kier molecular flexibility index (Phi) is 6.39. The summed E-state index contributed by atoms with van der Waals surface area (Å²) in [5, 5.41) is 1.05. The van der Waals surface area contributed by atoms with Gasteiger partial charge in [-0.15, -0.1) is 0 Å². The number of benzene rings is 1. The van der Waals surface area contributed by atoms with E-state index in [0.717, 1.165) is 11.4 Å². The number of halogens is 1. The van der Waals surface area contributed by atoms with Crippen LogP contribution in [0.3, 0.4) is 0 Å². The summed E-state index contributed by atoms with van der Waals surface area (Å²) in [5.74, 6) is 0.606. The van der Waals surface area contributed by atoms with Gasteiger partial charge < -0.3 is 4.90 Å². The van der Waals surface area contributed by atoms with Gasteiger partial charge in [-0.1, -0.05) is 71.9 Å². The van der Waals surface area contributed by atoms with Crippen molar-refractivity contribution in [2.45, 2.75) is 50.5 Å². The standard InChI is InChI=1S/C17H26BrN/c1-19(17-11-7-2-3-8-12-17)14-16(13-18)15-9-5-4-6-10-15/h4-6,9-10,16-17H,2-3,7-8,11-14H2,1H3. The van der Waals surface area contributed by atoms with Crippen LogP contribution in [0.4, 0.5) is 0 Å². The first-order valence-corrected chi connectivity index (χ1v) is 8.74. The van der Waals surface area contributed by atoms with E-state index in [4.69, 9.17) is 0 Å². The third kappa shape index (κ3) is 4.61. The minimum Gasteiger partial charge on any atom is -0.303 e. The summed E-state index contributed by atoms with van der Waals surface area (Å²) in [7, 11) is 2.31. The Balaban J connectivity index is 1.93. The van der Waals surface area contributed by atoms with Crippen LogP contribution in [-0.4, -0.2) is 29.9 Å². The maximum absolute atomic E-state index is 3.69. The molecule has 1 aromatic carbocycles. The Morgan fingerprint density at radius 3 is 2.32 bits per heavy atom. The molecule has 0 heterocycles. The van der Waals surface area contributed by atoms with Crippen LogP contribution in [0.15, 0.2) is 30.3 Å². The zero-order valence-electron chi connectivity index (χ0n) is 12.0. The molecule has 0 spiro atoms. The van der Waals surface area contributed by atoms with Crippen molar-refractivity contribution in [3.05, 3.63) is 35.9 Å². The third-order valence-electron chi connectivity index (χ3n) is 4.41. The van der Waals surface area contributed by atoms with Crippen LogP contribution in [0, 0.1) is 0 Å². The molecule has 1 aromatic rings. The molecule has 0 N–H and O–H groups in total. The monoisotopic (exact) mass is 323 g/mol. The third-order valence-corrected chi connectivity index (χ3v) is 5.20. The minimum absolute atomic E-state index is 0.606. The predicted molar refractivity (Wildman–Crippen MR) is 87.1 cm³/mol. The fourth-order valence-electron chi connectivity index (χ4n) is 3.16. The van der Waals surface area contributed by atoms with Crippen molar-refractivity contribution in [3.63, 3.8) is 0 Å². The van der Waals surface area contributed by atoms with Gasteiger partial charge in [0, 0.05) is 23.8 Å². The van der Waals surface area contributed by atoms with Crippen molar-refractivity contribution in [1.82, 2.24) is 4.90 Å². The molecule has 1 aliphatic rings. The van der Waals surface area contributed by atoms with Gasteiger partial charge in [-0.3, -0.25) is 0 Å². The van der Waals surface area contributed by atoms with Crippen molar-refractivity contribution >= 4 is 15.9 Å². The van der Waals surface area contributed by atoms with Gasteiger partial charge >= 0.3 is 0 Å². The summed E-state index contributed by atoms with van der Waals surface area (Å²) in [6, 6.07) is 11.7. The van der Waals surface area contributed by atoms with E-state index in [9.17, 15) is 0 Å². The van der Waals surface area contributed by atoms with Crippen LogP contribution in [0.1, 0.15) is 50.0 Å². The Morgan fingerprint density at radius 1 is 1.11 bits per heavy atom. The van der Waals surface area contributed by atoms with Crippen molar-refractivity contribution in [2.24, 2.45) is 0 Å². The quantitative estimate of drug-likeness (QED) is 0.554. The fourth-order valence-corrected chi connectivity index (χ4v) is 3.74. The average molecular weight is 324 g/mol. The van der Waals surface area contributed by atoms with E-state index < -0.39 is 0 Å².